The van der Waals surface area contributed by atoms with Crippen LogP contribution < -0.4 is 14.4 Å². The number of sulfonamides is 1. The maximum atomic E-state index is 12.7. The minimum Gasteiger partial charge on any atom is -0.491 e. The molecule has 6 rings (SSSR count). The van der Waals surface area contributed by atoms with Gasteiger partial charge in [0.1, 0.15) is 18.9 Å². The Bertz CT molecular complexity index is 1230. The summed E-state index contributed by atoms with van der Waals surface area (Å²) in [5.74, 6) is 2.99. The first-order valence-electron chi connectivity index (χ1n) is 14.0. The third-order valence-electron chi connectivity index (χ3n) is 8.87. The van der Waals surface area contributed by atoms with E-state index in [9.17, 15) is 13.2 Å². The maximum Gasteiger partial charge on any atom is 0.240 e. The normalized spacial score (nSPS) is 26.3. The summed E-state index contributed by atoms with van der Waals surface area (Å²) in [6.07, 6.45) is 9.11. The van der Waals surface area contributed by atoms with Crippen LogP contribution >= 0.6 is 0 Å². The SMILES string of the molecule is CC(C)(C)c1ccccc1OCCNC(=O)CN(c1ccc(C23CC4CC(CC(C4)C2)C3)cc1)S(C)(=O)=O. The van der Waals surface area contributed by atoms with Crippen molar-refractivity contribution in [2.24, 2.45) is 17.8 Å². The highest BCUT2D eigenvalue weighted by atomic mass is 32.2. The van der Waals surface area contributed by atoms with Gasteiger partial charge in [0, 0.05) is 0 Å². The Morgan fingerprint density at radius 2 is 1.55 bits per heavy atom. The molecule has 4 aliphatic rings. The van der Waals surface area contributed by atoms with Crippen LogP contribution in [0.1, 0.15) is 70.4 Å². The summed E-state index contributed by atoms with van der Waals surface area (Å²) in [4.78, 5) is 12.7. The second-order valence-electron chi connectivity index (χ2n) is 13.0. The number of amides is 1. The van der Waals surface area contributed by atoms with E-state index < -0.39 is 10.0 Å². The summed E-state index contributed by atoms with van der Waals surface area (Å²) in [6, 6.07) is 15.9. The average Bonchev–Trinajstić information content (AvgIpc) is 2.83. The van der Waals surface area contributed by atoms with Gasteiger partial charge >= 0.3 is 0 Å². The first-order valence-corrected chi connectivity index (χ1v) is 15.8. The number of rotatable bonds is 9. The van der Waals surface area contributed by atoms with Crippen LogP contribution in [0.4, 0.5) is 5.69 Å². The molecule has 0 radical (unpaired) electrons. The lowest BCUT2D eigenvalue weighted by Crippen LogP contribution is -2.48. The monoisotopic (exact) mass is 538 g/mol. The van der Waals surface area contributed by atoms with Crippen molar-refractivity contribution in [2.45, 2.75) is 70.1 Å². The van der Waals surface area contributed by atoms with Crippen LogP contribution in [0.5, 0.6) is 5.75 Å². The van der Waals surface area contributed by atoms with Crippen molar-refractivity contribution < 1.29 is 17.9 Å². The Hall–Kier alpha value is -2.54. The van der Waals surface area contributed by atoms with E-state index in [1.165, 1.54) is 48.4 Å². The number of para-hydroxylation sites is 1. The van der Waals surface area contributed by atoms with Crippen molar-refractivity contribution in [2.75, 3.05) is 30.3 Å². The Morgan fingerprint density at radius 1 is 0.974 bits per heavy atom. The fourth-order valence-corrected chi connectivity index (χ4v) is 8.45. The van der Waals surface area contributed by atoms with Crippen molar-refractivity contribution in [3.05, 3.63) is 59.7 Å². The van der Waals surface area contributed by atoms with Crippen LogP contribution in [0.3, 0.4) is 0 Å². The van der Waals surface area contributed by atoms with E-state index in [1.807, 2.05) is 36.4 Å². The molecule has 2 aromatic rings. The molecule has 7 heteroatoms. The lowest BCUT2D eigenvalue weighted by Gasteiger charge is -2.57. The molecular weight excluding hydrogens is 496 g/mol. The molecule has 4 bridgehead atoms. The molecule has 1 amide bonds. The summed E-state index contributed by atoms with van der Waals surface area (Å²) in [5, 5.41) is 2.81. The highest BCUT2D eigenvalue weighted by Gasteiger charge is 2.51. The number of nitrogens with one attached hydrogen (secondary N) is 1. The van der Waals surface area contributed by atoms with Crippen molar-refractivity contribution >= 4 is 21.6 Å². The minimum absolute atomic E-state index is 0.0545. The topological polar surface area (TPSA) is 75.7 Å². The van der Waals surface area contributed by atoms with Crippen molar-refractivity contribution in [1.82, 2.24) is 5.32 Å². The third kappa shape index (κ3) is 5.73. The van der Waals surface area contributed by atoms with Crippen molar-refractivity contribution in [3.63, 3.8) is 0 Å². The molecule has 0 spiro atoms. The molecule has 0 aliphatic heterocycles. The molecule has 1 N–H and O–H groups in total. The fourth-order valence-electron chi connectivity index (χ4n) is 7.60. The molecule has 0 aromatic heterocycles. The molecule has 6 nitrogen and oxygen atoms in total. The van der Waals surface area contributed by atoms with Crippen LogP contribution in [-0.2, 0) is 25.6 Å². The lowest BCUT2D eigenvalue weighted by molar-refractivity contribution is -0.119. The van der Waals surface area contributed by atoms with Gasteiger partial charge in [-0.3, -0.25) is 9.10 Å². The van der Waals surface area contributed by atoms with Crippen molar-refractivity contribution in [1.29, 1.82) is 0 Å². The molecule has 0 heterocycles. The van der Waals surface area contributed by atoms with Crippen LogP contribution in [0.15, 0.2) is 48.5 Å². The van der Waals surface area contributed by atoms with Crippen molar-refractivity contribution in [3.8, 4) is 5.75 Å². The standard InChI is InChI=1S/C31H42N2O4S/c1-30(2,3)27-7-5-6-8-28(27)37-14-13-32-29(34)21-33(38(4,35)36)26-11-9-25(10-12-26)31-18-22-15-23(19-31)17-24(16-22)20-31/h5-12,22-24H,13-21H2,1-4H3,(H,32,34). The zero-order chi connectivity index (χ0) is 27.1. The van der Waals surface area contributed by atoms with Gasteiger partial charge in [0.25, 0.3) is 0 Å². The van der Waals surface area contributed by atoms with E-state index in [0.717, 1.165) is 35.3 Å². The third-order valence-corrected chi connectivity index (χ3v) is 10.0. The molecule has 38 heavy (non-hydrogen) atoms. The molecule has 4 fully saturated rings. The van der Waals surface area contributed by atoms with E-state index in [1.54, 1.807) is 0 Å². The molecule has 0 saturated heterocycles. The zero-order valence-electron chi connectivity index (χ0n) is 23.2. The van der Waals surface area contributed by atoms with E-state index in [2.05, 4.69) is 38.2 Å². The predicted molar refractivity (Wildman–Crippen MR) is 152 cm³/mol. The van der Waals surface area contributed by atoms with E-state index in [-0.39, 0.29) is 23.3 Å². The maximum absolute atomic E-state index is 12.7. The van der Waals surface area contributed by atoms with Crippen LogP contribution in [0.25, 0.3) is 0 Å². The van der Waals surface area contributed by atoms with Gasteiger partial charge in [0.15, 0.2) is 0 Å². The number of hydrogen-bond acceptors (Lipinski definition) is 4. The summed E-state index contributed by atoms with van der Waals surface area (Å²) in [6.45, 7) is 6.73. The summed E-state index contributed by atoms with van der Waals surface area (Å²) >= 11 is 0. The van der Waals surface area contributed by atoms with Crippen LogP contribution in [-0.4, -0.2) is 40.3 Å². The Labute approximate surface area is 228 Å². The highest BCUT2D eigenvalue weighted by Crippen LogP contribution is 2.60. The Kier molecular flexibility index (Phi) is 7.27. The number of hydrogen-bond donors (Lipinski definition) is 1. The molecule has 2 aromatic carbocycles. The van der Waals surface area contributed by atoms with Gasteiger partial charge in [-0.25, -0.2) is 8.42 Å². The number of anilines is 1. The summed E-state index contributed by atoms with van der Waals surface area (Å²) in [5.41, 5.74) is 3.18. The first-order chi connectivity index (χ1) is 17.9. The average molecular weight is 539 g/mol. The van der Waals surface area contributed by atoms with E-state index >= 15 is 0 Å². The second kappa shape index (κ2) is 10.2. The Morgan fingerprint density at radius 3 is 2.11 bits per heavy atom. The zero-order valence-corrected chi connectivity index (χ0v) is 24.0. The number of carbonyl (C=O) groups excluding carboxylic acids is 1. The summed E-state index contributed by atoms with van der Waals surface area (Å²) < 4.78 is 32.4. The number of nitrogens with zero attached hydrogens (tertiary/aromatic N) is 1. The first kappa shape index (κ1) is 27.0. The van der Waals surface area contributed by atoms with Crippen LogP contribution in [0.2, 0.25) is 0 Å². The van der Waals surface area contributed by atoms with Gasteiger partial charge in [0.05, 0.1) is 18.5 Å². The fraction of sp³-hybridized carbons (Fsp3) is 0.581. The van der Waals surface area contributed by atoms with E-state index in [0.29, 0.717) is 18.8 Å². The predicted octanol–water partition coefficient (Wildman–Crippen LogP) is 5.41. The summed E-state index contributed by atoms with van der Waals surface area (Å²) in [7, 11) is -3.63. The quantitative estimate of drug-likeness (QED) is 0.433. The molecule has 0 atom stereocenters. The van der Waals surface area contributed by atoms with Gasteiger partial charge < -0.3 is 10.1 Å². The molecular formula is C31H42N2O4S. The van der Waals surface area contributed by atoms with Crippen LogP contribution in [0, 0.1) is 17.8 Å². The molecule has 4 aliphatic carbocycles. The lowest BCUT2D eigenvalue weighted by atomic mass is 9.48. The number of ether oxygens (including phenoxy) is 1. The molecule has 4 saturated carbocycles. The number of benzene rings is 2. The Balaban J connectivity index is 1.20. The highest BCUT2D eigenvalue weighted by molar-refractivity contribution is 7.92. The van der Waals surface area contributed by atoms with Gasteiger partial charge in [0.2, 0.25) is 15.9 Å². The largest absolute Gasteiger partial charge is 0.491 e. The van der Waals surface area contributed by atoms with Gasteiger partial charge in [-0.2, -0.15) is 0 Å². The minimum atomic E-state index is -3.63. The van der Waals surface area contributed by atoms with Gasteiger partial charge in [-0.05, 0) is 96.4 Å². The number of carbonyl (C=O) groups is 1. The van der Waals surface area contributed by atoms with Gasteiger partial charge in [-0.15, -0.1) is 0 Å². The van der Waals surface area contributed by atoms with Gasteiger partial charge in [-0.1, -0.05) is 51.1 Å². The second-order valence-corrected chi connectivity index (χ2v) is 14.9. The smallest absolute Gasteiger partial charge is 0.240 e. The van der Waals surface area contributed by atoms with E-state index in [4.69, 9.17) is 4.74 Å². The molecule has 206 valence electrons. The molecule has 0 unspecified atom stereocenters.